The van der Waals surface area contributed by atoms with Gasteiger partial charge in [0, 0.05) is 0 Å². The summed E-state index contributed by atoms with van der Waals surface area (Å²) in [4.78, 5) is 0. The van der Waals surface area contributed by atoms with Gasteiger partial charge in [-0.2, -0.15) is 15.5 Å². The summed E-state index contributed by atoms with van der Waals surface area (Å²) >= 11 is 0. The fraction of sp³-hybridized carbons (Fsp3) is 0.174. The minimum atomic E-state index is 0.593. The van der Waals surface area contributed by atoms with Crippen molar-refractivity contribution in [1.29, 1.82) is 5.26 Å². The van der Waals surface area contributed by atoms with Crippen molar-refractivity contribution in [2.75, 3.05) is 7.11 Å². The molecule has 0 saturated carbocycles. The van der Waals surface area contributed by atoms with Crippen LogP contribution in [0.25, 0.3) is 5.69 Å². The smallest absolute Gasteiger partial charge is 0.171 e. The molecule has 2 heterocycles. The van der Waals surface area contributed by atoms with E-state index in [0.29, 0.717) is 23.6 Å². The van der Waals surface area contributed by atoms with Gasteiger partial charge in [-0.25, -0.2) is 4.68 Å². The quantitative estimate of drug-likeness (QED) is 0.480. The minimum absolute atomic E-state index is 0.593. The summed E-state index contributed by atoms with van der Waals surface area (Å²) in [6.07, 6.45) is 3.74. The van der Waals surface area contributed by atoms with Gasteiger partial charge in [0.05, 0.1) is 43.4 Å². The number of hydrogen-bond acceptors (Lipinski definition) is 5. The molecule has 150 valence electrons. The third-order valence-corrected chi connectivity index (χ3v) is 4.80. The molecule has 7 nitrogen and oxygen atoms in total. The van der Waals surface area contributed by atoms with Crippen LogP contribution in [0.15, 0.2) is 60.9 Å². The van der Waals surface area contributed by atoms with Crippen LogP contribution in [0.1, 0.15) is 22.5 Å². The highest BCUT2D eigenvalue weighted by molar-refractivity contribution is 5.43. The molecule has 2 aromatic heterocycles. The minimum Gasteiger partial charge on any atom is -0.497 e. The summed E-state index contributed by atoms with van der Waals surface area (Å²) in [6, 6.07) is 17.0. The van der Waals surface area contributed by atoms with Gasteiger partial charge in [-0.1, -0.05) is 12.1 Å². The Kier molecular flexibility index (Phi) is 5.22. The molecule has 0 atom stereocenters. The lowest BCUT2D eigenvalue weighted by atomic mass is 10.2. The predicted molar refractivity (Wildman–Crippen MR) is 112 cm³/mol. The molecule has 0 unspecified atom stereocenters. The number of benzene rings is 2. The van der Waals surface area contributed by atoms with Crippen LogP contribution in [0.2, 0.25) is 0 Å². The molecule has 0 aliphatic rings. The summed E-state index contributed by atoms with van der Waals surface area (Å²) < 4.78 is 14.9. The van der Waals surface area contributed by atoms with Crippen molar-refractivity contribution in [2.24, 2.45) is 0 Å². The van der Waals surface area contributed by atoms with E-state index in [-0.39, 0.29) is 0 Å². The summed E-state index contributed by atoms with van der Waals surface area (Å²) in [6.45, 7) is 4.52. The maximum atomic E-state index is 8.94. The zero-order valence-electron chi connectivity index (χ0n) is 17.0. The highest BCUT2D eigenvalue weighted by Crippen LogP contribution is 2.30. The summed E-state index contributed by atoms with van der Waals surface area (Å²) in [5, 5.41) is 18.0. The van der Waals surface area contributed by atoms with Crippen LogP contribution in [0, 0.1) is 25.2 Å². The third kappa shape index (κ3) is 3.89. The van der Waals surface area contributed by atoms with Gasteiger partial charge in [-0.15, -0.1) is 0 Å². The predicted octanol–water partition coefficient (Wildman–Crippen LogP) is 4.41. The zero-order valence-corrected chi connectivity index (χ0v) is 17.0. The topological polar surface area (TPSA) is 77.9 Å². The molecule has 4 rings (SSSR count). The van der Waals surface area contributed by atoms with E-state index in [1.165, 1.54) is 0 Å². The molecule has 4 aromatic rings. The van der Waals surface area contributed by atoms with E-state index in [1.54, 1.807) is 37.6 Å². The summed E-state index contributed by atoms with van der Waals surface area (Å²) in [7, 11) is 1.66. The number of hydrogen-bond donors (Lipinski definition) is 0. The molecule has 0 saturated heterocycles. The van der Waals surface area contributed by atoms with Gasteiger partial charge in [-0.3, -0.25) is 4.68 Å². The molecule has 0 N–H and O–H groups in total. The molecule has 0 bridgehead atoms. The van der Waals surface area contributed by atoms with Gasteiger partial charge >= 0.3 is 0 Å². The lowest BCUT2D eigenvalue weighted by Gasteiger charge is -2.06. The SMILES string of the molecule is COc1ccc(Cn2cc(-n3nc(C)c(Oc4ccc(C#N)cc4)c3C)cn2)cc1. The Bertz CT molecular complexity index is 1200. The molecule has 2 aromatic carbocycles. The molecule has 30 heavy (non-hydrogen) atoms. The van der Waals surface area contributed by atoms with Crippen LogP contribution >= 0.6 is 0 Å². The van der Waals surface area contributed by atoms with E-state index in [4.69, 9.17) is 14.7 Å². The van der Waals surface area contributed by atoms with Crippen molar-refractivity contribution in [3.63, 3.8) is 0 Å². The van der Waals surface area contributed by atoms with Gasteiger partial charge in [-0.05, 0) is 55.8 Å². The Morgan fingerprint density at radius 3 is 2.37 bits per heavy atom. The summed E-state index contributed by atoms with van der Waals surface area (Å²) in [5.41, 5.74) is 4.24. The second-order valence-corrected chi connectivity index (χ2v) is 6.89. The van der Waals surface area contributed by atoms with Crippen LogP contribution in [0.3, 0.4) is 0 Å². The van der Waals surface area contributed by atoms with Gasteiger partial charge in [0.2, 0.25) is 0 Å². The highest BCUT2D eigenvalue weighted by Gasteiger charge is 2.16. The van der Waals surface area contributed by atoms with Gasteiger partial charge in [0.1, 0.15) is 22.9 Å². The normalized spacial score (nSPS) is 10.6. The number of methoxy groups -OCH3 is 1. The molecule has 0 aliphatic carbocycles. The monoisotopic (exact) mass is 399 g/mol. The Labute approximate surface area is 174 Å². The number of nitriles is 1. The van der Waals surface area contributed by atoms with Gasteiger partial charge < -0.3 is 9.47 Å². The molecular formula is C23H21N5O2. The van der Waals surface area contributed by atoms with Crippen molar-refractivity contribution in [2.45, 2.75) is 20.4 Å². The lowest BCUT2D eigenvalue weighted by Crippen LogP contribution is -2.01. The van der Waals surface area contributed by atoms with Crippen LogP contribution in [0.5, 0.6) is 17.2 Å². The second kappa shape index (κ2) is 8.13. The number of nitrogens with zero attached hydrogens (tertiary/aromatic N) is 5. The number of aryl methyl sites for hydroxylation is 1. The Hall–Kier alpha value is -4.05. The standard InChI is InChI=1S/C23H21N5O2/c1-16-23(30-22-10-4-18(12-24)5-11-22)17(2)28(26-16)20-13-25-27(15-20)14-19-6-8-21(29-3)9-7-19/h4-11,13,15H,14H2,1-3H3. The largest absolute Gasteiger partial charge is 0.497 e. The average molecular weight is 399 g/mol. The van der Waals surface area contributed by atoms with Crippen LogP contribution < -0.4 is 9.47 Å². The zero-order chi connectivity index (χ0) is 21.1. The van der Waals surface area contributed by atoms with Gasteiger partial charge in [0.15, 0.2) is 5.75 Å². The van der Waals surface area contributed by atoms with Crippen LogP contribution in [-0.2, 0) is 6.54 Å². The van der Waals surface area contributed by atoms with Crippen molar-refractivity contribution < 1.29 is 9.47 Å². The fourth-order valence-corrected chi connectivity index (χ4v) is 3.21. The van der Waals surface area contributed by atoms with Crippen molar-refractivity contribution in [1.82, 2.24) is 19.6 Å². The lowest BCUT2D eigenvalue weighted by molar-refractivity contribution is 0.414. The van der Waals surface area contributed by atoms with Crippen molar-refractivity contribution >= 4 is 0 Å². The third-order valence-electron chi connectivity index (χ3n) is 4.80. The van der Waals surface area contributed by atoms with E-state index in [9.17, 15) is 0 Å². The number of ether oxygens (including phenoxy) is 2. The Balaban J connectivity index is 1.54. The second-order valence-electron chi connectivity index (χ2n) is 6.89. The van der Waals surface area contributed by atoms with Crippen LogP contribution in [0.4, 0.5) is 0 Å². The first-order valence-corrected chi connectivity index (χ1v) is 9.47. The Morgan fingerprint density at radius 1 is 1.00 bits per heavy atom. The van der Waals surface area contributed by atoms with E-state index in [1.807, 2.05) is 53.7 Å². The van der Waals surface area contributed by atoms with Crippen molar-refractivity contribution in [3.05, 3.63) is 83.4 Å². The number of aromatic nitrogens is 4. The molecule has 0 radical (unpaired) electrons. The van der Waals surface area contributed by atoms with E-state index in [2.05, 4.69) is 16.3 Å². The molecular weight excluding hydrogens is 378 g/mol. The molecule has 7 heteroatoms. The molecule has 0 fully saturated rings. The Morgan fingerprint density at radius 2 is 1.70 bits per heavy atom. The van der Waals surface area contributed by atoms with Crippen molar-refractivity contribution in [3.8, 4) is 29.0 Å². The fourth-order valence-electron chi connectivity index (χ4n) is 3.21. The summed E-state index contributed by atoms with van der Waals surface area (Å²) in [5.74, 6) is 2.19. The molecule has 0 amide bonds. The maximum absolute atomic E-state index is 8.94. The average Bonchev–Trinajstić information content (AvgIpc) is 3.34. The first-order chi connectivity index (χ1) is 14.6. The number of rotatable bonds is 6. The van der Waals surface area contributed by atoms with Gasteiger partial charge in [0.25, 0.3) is 0 Å². The maximum Gasteiger partial charge on any atom is 0.171 e. The molecule has 0 spiro atoms. The highest BCUT2D eigenvalue weighted by atomic mass is 16.5. The first-order valence-electron chi connectivity index (χ1n) is 9.47. The van der Waals surface area contributed by atoms with E-state index < -0.39 is 0 Å². The molecule has 0 aliphatic heterocycles. The van der Waals surface area contributed by atoms with E-state index >= 15 is 0 Å². The van der Waals surface area contributed by atoms with Crippen LogP contribution in [-0.4, -0.2) is 26.7 Å². The van der Waals surface area contributed by atoms with E-state index in [0.717, 1.165) is 28.4 Å². The first kappa shape index (κ1) is 19.3.